The Morgan fingerprint density at radius 3 is 2.83 bits per heavy atom. The van der Waals surface area contributed by atoms with Gasteiger partial charge in [-0.3, -0.25) is 4.79 Å². The van der Waals surface area contributed by atoms with Gasteiger partial charge in [-0.25, -0.2) is 0 Å². The van der Waals surface area contributed by atoms with Gasteiger partial charge in [0.1, 0.15) is 18.0 Å². The van der Waals surface area contributed by atoms with E-state index >= 15 is 0 Å². The monoisotopic (exact) mass is 388 g/mol. The van der Waals surface area contributed by atoms with Crippen molar-refractivity contribution in [3.05, 3.63) is 77.9 Å². The van der Waals surface area contributed by atoms with Crippen molar-refractivity contribution in [1.82, 2.24) is 5.32 Å². The van der Waals surface area contributed by atoms with Gasteiger partial charge < -0.3 is 15.0 Å². The number of aryl methyl sites for hydroxylation is 1. The van der Waals surface area contributed by atoms with E-state index in [2.05, 4.69) is 67.9 Å². The predicted octanol–water partition coefficient (Wildman–Crippen LogP) is 4.59. The van der Waals surface area contributed by atoms with Gasteiger partial charge in [0.15, 0.2) is 0 Å². The van der Waals surface area contributed by atoms with E-state index in [-0.39, 0.29) is 11.3 Å². The first-order valence-corrected chi connectivity index (χ1v) is 10.1. The first-order valence-electron chi connectivity index (χ1n) is 10.1. The smallest absolute Gasteiger partial charge is 0.223 e. The molecule has 150 valence electrons. The highest BCUT2D eigenvalue weighted by Crippen LogP contribution is 2.52. The topological polar surface area (TPSA) is 41.6 Å². The number of hydrogen-bond acceptors (Lipinski definition) is 3. The number of rotatable bonds is 5. The molecule has 1 saturated heterocycles. The van der Waals surface area contributed by atoms with Crippen molar-refractivity contribution in [2.75, 3.05) is 18.1 Å². The van der Waals surface area contributed by atoms with Crippen LogP contribution in [0.15, 0.2) is 61.2 Å². The number of ether oxygens (including phenoxy) is 1. The van der Waals surface area contributed by atoms with E-state index in [1.165, 1.54) is 16.8 Å². The van der Waals surface area contributed by atoms with Crippen molar-refractivity contribution in [3.63, 3.8) is 0 Å². The lowest BCUT2D eigenvalue weighted by molar-refractivity contribution is -0.124. The molecular weight excluding hydrogens is 360 g/mol. The molecule has 4 heteroatoms. The summed E-state index contributed by atoms with van der Waals surface area (Å²) in [4.78, 5) is 14.9. The van der Waals surface area contributed by atoms with Gasteiger partial charge in [0, 0.05) is 29.6 Å². The van der Waals surface area contributed by atoms with Crippen LogP contribution in [0.5, 0.6) is 5.75 Å². The van der Waals surface area contributed by atoms with Crippen LogP contribution in [0.25, 0.3) is 6.08 Å². The molecule has 0 unspecified atom stereocenters. The highest BCUT2D eigenvalue weighted by Gasteiger charge is 2.57. The maximum absolute atomic E-state index is 12.5. The zero-order valence-corrected chi connectivity index (χ0v) is 17.4. The number of nitrogens with zero attached hydrogens (tertiary/aromatic N) is 1. The molecule has 1 amide bonds. The van der Waals surface area contributed by atoms with E-state index in [0.29, 0.717) is 19.6 Å². The maximum Gasteiger partial charge on any atom is 0.223 e. The molecule has 2 aliphatic rings. The SMILES string of the molecule is C=CCOc1ccccc1/C=C/[C@]12NC(=O)CCN1c1ccc(C)cc1C2(C)C. The molecule has 1 atom stereocenters. The van der Waals surface area contributed by atoms with Crippen molar-refractivity contribution in [1.29, 1.82) is 0 Å². The standard InChI is InChI=1S/C25H28N2O2/c1-5-16-29-22-9-7-6-8-19(22)12-14-25-24(3,4)20-17-18(2)10-11-21(20)27(25)15-13-23(28)26-25/h5-12,14,17H,1,13,15-16H2,2-4H3,(H,26,28)/b14-12+/t25-/m0/s1. The molecular formula is C25H28N2O2. The van der Waals surface area contributed by atoms with Crippen molar-refractivity contribution < 1.29 is 9.53 Å². The van der Waals surface area contributed by atoms with E-state index < -0.39 is 5.66 Å². The number of nitrogens with one attached hydrogen (secondary N) is 1. The number of benzene rings is 2. The van der Waals surface area contributed by atoms with Crippen LogP contribution in [0.4, 0.5) is 5.69 Å². The van der Waals surface area contributed by atoms with Gasteiger partial charge in [0.05, 0.1) is 0 Å². The fourth-order valence-corrected chi connectivity index (χ4v) is 4.58. The first-order chi connectivity index (χ1) is 13.9. The maximum atomic E-state index is 12.5. The van der Waals surface area contributed by atoms with E-state index in [0.717, 1.165) is 11.3 Å². The fourth-order valence-electron chi connectivity index (χ4n) is 4.58. The summed E-state index contributed by atoms with van der Waals surface area (Å²) < 4.78 is 5.82. The summed E-state index contributed by atoms with van der Waals surface area (Å²) in [7, 11) is 0. The predicted molar refractivity (Wildman–Crippen MR) is 118 cm³/mol. The Kier molecular flexibility index (Phi) is 4.73. The van der Waals surface area contributed by atoms with Gasteiger partial charge in [-0.15, -0.1) is 0 Å². The average Bonchev–Trinajstić information content (AvgIpc) is 2.89. The van der Waals surface area contributed by atoms with Crippen LogP contribution < -0.4 is 15.0 Å². The zero-order chi connectivity index (χ0) is 20.6. The largest absolute Gasteiger partial charge is 0.489 e. The Morgan fingerprint density at radius 1 is 1.24 bits per heavy atom. The van der Waals surface area contributed by atoms with Crippen molar-refractivity contribution in [2.45, 2.75) is 38.3 Å². The molecule has 1 fully saturated rings. The van der Waals surface area contributed by atoms with E-state index in [9.17, 15) is 4.79 Å². The number of hydrogen-bond donors (Lipinski definition) is 1. The van der Waals surface area contributed by atoms with Crippen LogP contribution in [0.1, 0.15) is 37.0 Å². The Balaban J connectivity index is 1.81. The van der Waals surface area contributed by atoms with Gasteiger partial charge in [0.2, 0.25) is 5.91 Å². The van der Waals surface area contributed by atoms with Crippen molar-refractivity contribution in [2.24, 2.45) is 0 Å². The van der Waals surface area contributed by atoms with Crippen LogP contribution in [0.3, 0.4) is 0 Å². The summed E-state index contributed by atoms with van der Waals surface area (Å²) in [6.07, 6.45) is 6.44. The van der Waals surface area contributed by atoms with Gasteiger partial charge in [0.25, 0.3) is 0 Å². The number of fused-ring (bicyclic) bond motifs is 3. The Morgan fingerprint density at radius 2 is 2.03 bits per heavy atom. The van der Waals surface area contributed by atoms with E-state index in [1.54, 1.807) is 6.08 Å². The number of carbonyl (C=O) groups is 1. The third-order valence-corrected chi connectivity index (χ3v) is 6.17. The highest BCUT2D eigenvalue weighted by atomic mass is 16.5. The zero-order valence-electron chi connectivity index (χ0n) is 17.4. The van der Waals surface area contributed by atoms with Gasteiger partial charge in [-0.1, -0.05) is 68.5 Å². The van der Waals surface area contributed by atoms with Gasteiger partial charge in [-0.05, 0) is 30.7 Å². The quantitative estimate of drug-likeness (QED) is 0.762. The summed E-state index contributed by atoms with van der Waals surface area (Å²) >= 11 is 0. The molecule has 0 radical (unpaired) electrons. The van der Waals surface area contributed by atoms with Crippen LogP contribution in [-0.4, -0.2) is 24.7 Å². The second kappa shape index (κ2) is 7.11. The molecule has 29 heavy (non-hydrogen) atoms. The van der Waals surface area contributed by atoms with Crippen molar-refractivity contribution >= 4 is 17.7 Å². The number of para-hydroxylation sites is 1. The summed E-state index contributed by atoms with van der Waals surface area (Å²) in [5.41, 5.74) is 3.75. The molecule has 4 nitrogen and oxygen atoms in total. The lowest BCUT2D eigenvalue weighted by Gasteiger charge is -2.49. The van der Waals surface area contributed by atoms with Crippen LogP contribution >= 0.6 is 0 Å². The summed E-state index contributed by atoms with van der Waals surface area (Å²) in [6.45, 7) is 11.4. The minimum absolute atomic E-state index is 0.0831. The Hall–Kier alpha value is -3.01. The van der Waals surface area contributed by atoms with Crippen LogP contribution in [-0.2, 0) is 10.2 Å². The molecule has 0 aliphatic carbocycles. The Labute approximate surface area is 172 Å². The third kappa shape index (κ3) is 3.03. The molecule has 0 saturated carbocycles. The third-order valence-electron chi connectivity index (χ3n) is 6.17. The molecule has 0 aromatic heterocycles. The van der Waals surface area contributed by atoms with E-state index in [4.69, 9.17) is 4.74 Å². The summed E-state index contributed by atoms with van der Waals surface area (Å²) in [5.74, 6) is 0.887. The molecule has 4 rings (SSSR count). The molecule has 2 heterocycles. The van der Waals surface area contributed by atoms with E-state index in [1.807, 2.05) is 24.3 Å². The molecule has 1 N–H and O–H groups in total. The molecule has 0 bridgehead atoms. The van der Waals surface area contributed by atoms with Gasteiger partial charge in [-0.2, -0.15) is 0 Å². The normalized spacial score (nSPS) is 22.2. The minimum atomic E-state index is -0.621. The van der Waals surface area contributed by atoms with Crippen LogP contribution in [0, 0.1) is 6.92 Å². The lowest BCUT2D eigenvalue weighted by atomic mass is 9.74. The molecule has 2 aliphatic heterocycles. The Bertz CT molecular complexity index is 992. The van der Waals surface area contributed by atoms with Crippen LogP contribution in [0.2, 0.25) is 0 Å². The number of amides is 1. The van der Waals surface area contributed by atoms with Crippen molar-refractivity contribution in [3.8, 4) is 5.75 Å². The fraction of sp³-hybridized carbons (Fsp3) is 0.320. The summed E-state index contributed by atoms with van der Waals surface area (Å²) in [6, 6.07) is 14.5. The van der Waals surface area contributed by atoms with Gasteiger partial charge >= 0.3 is 0 Å². The number of carbonyl (C=O) groups excluding carboxylic acids is 1. The molecule has 2 aromatic carbocycles. The second-order valence-corrected chi connectivity index (χ2v) is 8.33. The molecule has 2 aromatic rings. The molecule has 0 spiro atoms. The highest BCUT2D eigenvalue weighted by molar-refractivity contribution is 5.85. The average molecular weight is 389 g/mol. The first kappa shape index (κ1) is 19.3. The second-order valence-electron chi connectivity index (χ2n) is 8.33. The number of anilines is 1. The summed E-state index contributed by atoms with van der Waals surface area (Å²) in [5, 5.41) is 3.32. The lowest BCUT2D eigenvalue weighted by Crippen LogP contribution is -2.68. The minimum Gasteiger partial charge on any atom is -0.489 e.